The van der Waals surface area contributed by atoms with Crippen molar-refractivity contribution in [2.75, 3.05) is 13.1 Å². The van der Waals surface area contributed by atoms with E-state index in [2.05, 4.69) is 16.0 Å². The largest absolute Gasteiger partial charge is 0.389 e. The topological polar surface area (TPSA) is 73.4 Å². The minimum absolute atomic E-state index is 0.00557. The summed E-state index contributed by atoms with van der Waals surface area (Å²) in [6.45, 7) is 5.30. The Hall–Kier alpha value is -0.360. The molecule has 0 bridgehead atoms. The molecule has 5 nitrogen and oxygen atoms in total. The van der Waals surface area contributed by atoms with Gasteiger partial charge < -0.3 is 15.7 Å². The predicted molar refractivity (Wildman–Crippen MR) is 110 cm³/mol. The van der Waals surface area contributed by atoms with E-state index in [1.807, 2.05) is 13.8 Å². The predicted octanol–water partition coefficient (Wildman–Crippen LogP) is 2.76. The molecule has 2 saturated heterocycles. The molecule has 0 aromatic rings. The van der Waals surface area contributed by atoms with E-state index in [4.69, 9.17) is 11.6 Å². The number of hydrogen-bond acceptors (Lipinski definition) is 4. The molecule has 3 aliphatic rings. The molecule has 2 aliphatic heterocycles. The van der Waals surface area contributed by atoms with Crippen molar-refractivity contribution in [2.45, 2.75) is 94.8 Å². The molecular formula is C21H38ClN3O2. The highest BCUT2D eigenvalue weighted by atomic mass is 35.5. The molecule has 1 saturated carbocycles. The van der Waals surface area contributed by atoms with Crippen LogP contribution in [-0.2, 0) is 4.79 Å². The third-order valence-corrected chi connectivity index (χ3v) is 7.25. The van der Waals surface area contributed by atoms with Crippen LogP contribution in [0.15, 0.2) is 0 Å². The molecule has 6 atom stereocenters. The van der Waals surface area contributed by atoms with Crippen molar-refractivity contribution >= 4 is 17.5 Å². The number of carbonyl (C=O) groups is 1. The normalized spacial score (nSPS) is 38.4. The summed E-state index contributed by atoms with van der Waals surface area (Å²) in [5.41, 5.74) is -0.733. The van der Waals surface area contributed by atoms with Crippen molar-refractivity contribution in [3.05, 3.63) is 0 Å². The van der Waals surface area contributed by atoms with Gasteiger partial charge in [-0.05, 0) is 77.2 Å². The Morgan fingerprint density at radius 3 is 2.48 bits per heavy atom. The molecule has 156 valence electrons. The third-order valence-electron chi connectivity index (χ3n) is 6.86. The summed E-state index contributed by atoms with van der Waals surface area (Å²) in [6, 6.07) is 0.0717. The standard InChI is InChI=1S/C21H38ClN3O2/c1-21(2,27)18-8-7-16(13-23-18)20(26)25-19-9-6-15(12-24-19)10-14-4-3-5-17(22)11-14/h14-19,23-24,27H,3-13H2,1-2H3,(H,25,26). The van der Waals surface area contributed by atoms with Crippen LogP contribution in [0.2, 0.25) is 0 Å². The number of nitrogens with one attached hydrogen (secondary N) is 3. The monoisotopic (exact) mass is 399 g/mol. The molecule has 0 radical (unpaired) electrons. The second-order valence-corrected chi connectivity index (χ2v) is 10.3. The molecule has 0 spiro atoms. The quantitative estimate of drug-likeness (QED) is 0.536. The number of aliphatic hydroxyl groups is 1. The summed E-state index contributed by atoms with van der Waals surface area (Å²) < 4.78 is 0. The van der Waals surface area contributed by atoms with Gasteiger partial charge in [0.2, 0.25) is 5.91 Å². The number of halogens is 1. The van der Waals surface area contributed by atoms with Crippen LogP contribution in [0.25, 0.3) is 0 Å². The number of carbonyl (C=O) groups excluding carboxylic acids is 1. The molecule has 6 unspecified atom stereocenters. The first-order chi connectivity index (χ1) is 12.8. The average molecular weight is 400 g/mol. The van der Waals surface area contributed by atoms with Crippen LogP contribution in [0.4, 0.5) is 0 Å². The lowest BCUT2D eigenvalue weighted by molar-refractivity contribution is -0.127. The second-order valence-electron chi connectivity index (χ2n) is 9.67. The van der Waals surface area contributed by atoms with E-state index in [0.717, 1.165) is 31.7 Å². The highest BCUT2D eigenvalue weighted by molar-refractivity contribution is 6.20. The summed E-state index contributed by atoms with van der Waals surface area (Å²) in [6.07, 6.45) is 10.2. The maximum Gasteiger partial charge on any atom is 0.225 e. The molecule has 0 aromatic heterocycles. The van der Waals surface area contributed by atoms with Gasteiger partial charge in [-0.25, -0.2) is 0 Å². The number of rotatable bonds is 5. The molecule has 4 N–H and O–H groups in total. The second kappa shape index (κ2) is 9.43. The summed E-state index contributed by atoms with van der Waals surface area (Å²) >= 11 is 6.34. The molecular weight excluding hydrogens is 362 g/mol. The smallest absolute Gasteiger partial charge is 0.225 e. The Bertz CT molecular complexity index is 480. The lowest BCUT2D eigenvalue weighted by atomic mass is 9.80. The van der Waals surface area contributed by atoms with Crippen LogP contribution in [0.3, 0.4) is 0 Å². The van der Waals surface area contributed by atoms with Crippen LogP contribution in [0.5, 0.6) is 0 Å². The van der Waals surface area contributed by atoms with Gasteiger partial charge in [0.25, 0.3) is 0 Å². The molecule has 0 aromatic carbocycles. The van der Waals surface area contributed by atoms with Crippen molar-refractivity contribution in [3.63, 3.8) is 0 Å². The molecule has 2 heterocycles. The Labute approximate surface area is 169 Å². The highest BCUT2D eigenvalue weighted by Crippen LogP contribution is 2.34. The van der Waals surface area contributed by atoms with Gasteiger partial charge in [0.05, 0.1) is 17.7 Å². The number of hydrogen-bond donors (Lipinski definition) is 4. The Morgan fingerprint density at radius 2 is 1.89 bits per heavy atom. The zero-order valence-electron chi connectivity index (χ0n) is 17.0. The van der Waals surface area contributed by atoms with Crippen molar-refractivity contribution < 1.29 is 9.90 Å². The van der Waals surface area contributed by atoms with Crippen LogP contribution < -0.4 is 16.0 Å². The number of alkyl halides is 1. The Kier molecular flexibility index (Phi) is 7.45. The van der Waals surface area contributed by atoms with Gasteiger partial charge in [-0.15, -0.1) is 11.6 Å². The molecule has 6 heteroatoms. The fourth-order valence-electron chi connectivity index (χ4n) is 5.12. The molecule has 27 heavy (non-hydrogen) atoms. The first-order valence-corrected chi connectivity index (χ1v) is 11.4. The maximum absolute atomic E-state index is 12.6. The lowest BCUT2D eigenvalue weighted by Crippen LogP contribution is -2.56. The first kappa shape index (κ1) is 21.4. The van der Waals surface area contributed by atoms with Gasteiger partial charge in [0, 0.05) is 18.0 Å². The van der Waals surface area contributed by atoms with E-state index in [1.54, 1.807) is 0 Å². The summed E-state index contributed by atoms with van der Waals surface area (Å²) in [7, 11) is 0. The Morgan fingerprint density at radius 1 is 1.07 bits per heavy atom. The number of piperidine rings is 2. The van der Waals surface area contributed by atoms with Crippen molar-refractivity contribution in [3.8, 4) is 0 Å². The fourth-order valence-corrected chi connectivity index (χ4v) is 5.53. The van der Waals surface area contributed by atoms with Gasteiger partial charge in [-0.2, -0.15) is 0 Å². The molecule has 1 amide bonds. The van der Waals surface area contributed by atoms with Crippen molar-refractivity contribution in [1.82, 2.24) is 16.0 Å². The van der Waals surface area contributed by atoms with Crippen LogP contribution in [0.1, 0.15) is 71.6 Å². The highest BCUT2D eigenvalue weighted by Gasteiger charge is 2.34. The van der Waals surface area contributed by atoms with Gasteiger partial charge in [0.15, 0.2) is 0 Å². The van der Waals surface area contributed by atoms with E-state index in [0.29, 0.717) is 17.8 Å². The van der Waals surface area contributed by atoms with E-state index >= 15 is 0 Å². The summed E-state index contributed by atoms with van der Waals surface area (Å²) in [4.78, 5) is 12.6. The van der Waals surface area contributed by atoms with Crippen molar-refractivity contribution in [1.29, 1.82) is 0 Å². The minimum atomic E-state index is -0.733. The lowest BCUT2D eigenvalue weighted by Gasteiger charge is -2.37. The van der Waals surface area contributed by atoms with Gasteiger partial charge >= 0.3 is 0 Å². The SMILES string of the molecule is CC(C)(O)C1CCC(C(=O)NC2CCC(CC3CCCC(Cl)C3)CN2)CN1. The van der Waals surface area contributed by atoms with E-state index in [-0.39, 0.29) is 24.0 Å². The zero-order chi connectivity index (χ0) is 19.4. The zero-order valence-corrected chi connectivity index (χ0v) is 17.7. The van der Waals surface area contributed by atoms with Crippen LogP contribution in [0, 0.1) is 17.8 Å². The first-order valence-electron chi connectivity index (χ1n) is 10.9. The van der Waals surface area contributed by atoms with Crippen molar-refractivity contribution in [2.24, 2.45) is 17.8 Å². The Balaban J connectivity index is 1.35. The van der Waals surface area contributed by atoms with Gasteiger partial charge in [-0.1, -0.05) is 12.8 Å². The minimum Gasteiger partial charge on any atom is -0.389 e. The summed E-state index contributed by atoms with van der Waals surface area (Å²) in [5.74, 6) is 1.65. The van der Waals surface area contributed by atoms with Gasteiger partial charge in [0.1, 0.15) is 0 Å². The fraction of sp³-hybridized carbons (Fsp3) is 0.952. The number of amides is 1. The van der Waals surface area contributed by atoms with Gasteiger partial charge in [-0.3, -0.25) is 10.1 Å². The van der Waals surface area contributed by atoms with E-state index in [1.165, 1.54) is 38.5 Å². The summed E-state index contributed by atoms with van der Waals surface area (Å²) in [5, 5.41) is 20.6. The van der Waals surface area contributed by atoms with E-state index in [9.17, 15) is 9.90 Å². The maximum atomic E-state index is 12.6. The molecule has 1 aliphatic carbocycles. The third kappa shape index (κ3) is 6.31. The molecule has 3 rings (SSSR count). The average Bonchev–Trinajstić information content (AvgIpc) is 2.63. The van der Waals surface area contributed by atoms with Crippen LogP contribution in [-0.4, -0.2) is 47.3 Å². The van der Waals surface area contributed by atoms with E-state index < -0.39 is 5.60 Å². The molecule has 3 fully saturated rings. The van der Waals surface area contributed by atoms with Crippen LogP contribution >= 0.6 is 11.6 Å².